The van der Waals surface area contributed by atoms with Gasteiger partial charge in [0, 0.05) is 39.5 Å². The van der Waals surface area contributed by atoms with Gasteiger partial charge >= 0.3 is 0 Å². The molecule has 3 heterocycles. The zero-order chi connectivity index (χ0) is 17.1. The van der Waals surface area contributed by atoms with Crippen LogP contribution >= 0.6 is 0 Å². The Morgan fingerprint density at radius 2 is 1.84 bits per heavy atom. The second-order valence-corrected chi connectivity index (χ2v) is 6.55. The van der Waals surface area contributed by atoms with Crippen molar-refractivity contribution in [2.24, 2.45) is 0 Å². The first-order valence-corrected chi connectivity index (χ1v) is 8.72. The first-order chi connectivity index (χ1) is 12.2. The molecule has 1 aromatic carbocycles. The van der Waals surface area contributed by atoms with Gasteiger partial charge in [0.25, 0.3) is 0 Å². The van der Waals surface area contributed by atoms with Gasteiger partial charge in [-0.1, -0.05) is 30.3 Å². The largest absolute Gasteiger partial charge is 0.354 e. The average Bonchev–Trinajstić information content (AvgIpc) is 3.11. The van der Waals surface area contributed by atoms with Crippen LogP contribution < -0.4 is 9.80 Å². The summed E-state index contributed by atoms with van der Waals surface area (Å²) in [5.41, 5.74) is 1.24. The maximum absolute atomic E-state index is 5.78. The highest BCUT2D eigenvalue weighted by Gasteiger charge is 2.40. The highest BCUT2D eigenvalue weighted by atomic mass is 16.7. The van der Waals surface area contributed by atoms with E-state index in [4.69, 9.17) is 14.5 Å². The average molecular weight is 341 g/mol. The van der Waals surface area contributed by atoms with Crippen LogP contribution in [0.2, 0.25) is 0 Å². The van der Waals surface area contributed by atoms with E-state index in [0.29, 0.717) is 19.2 Å². The predicted molar refractivity (Wildman–Crippen MR) is 94.5 cm³/mol. The molecule has 2 fully saturated rings. The summed E-state index contributed by atoms with van der Waals surface area (Å²) in [6.07, 6.45) is 3.38. The van der Waals surface area contributed by atoms with E-state index in [-0.39, 0.29) is 5.79 Å². The normalized spacial score (nSPS) is 19.3. The lowest BCUT2D eigenvalue weighted by atomic mass is 10.0. The van der Waals surface area contributed by atoms with E-state index in [0.717, 1.165) is 38.3 Å². The smallest absolute Gasteiger partial charge is 0.247 e. The molecule has 0 N–H and O–H groups in total. The molecule has 132 valence electrons. The summed E-state index contributed by atoms with van der Waals surface area (Å²) in [7, 11) is 2.02. The number of nitrogens with zero attached hydrogens (tertiary/aromatic N) is 5. The summed E-state index contributed by atoms with van der Waals surface area (Å²) >= 11 is 0. The minimum atomic E-state index is -0.383. The summed E-state index contributed by atoms with van der Waals surface area (Å²) in [6, 6.07) is 10.3. The Morgan fingerprint density at radius 3 is 2.56 bits per heavy atom. The molecule has 0 unspecified atom stereocenters. The molecular formula is C18H23N5O2. The third kappa shape index (κ3) is 3.57. The van der Waals surface area contributed by atoms with E-state index < -0.39 is 0 Å². The summed E-state index contributed by atoms with van der Waals surface area (Å²) in [5.74, 6) is 1.11. The number of anilines is 2. The van der Waals surface area contributed by atoms with E-state index >= 15 is 0 Å². The van der Waals surface area contributed by atoms with Crippen LogP contribution in [0.4, 0.5) is 11.8 Å². The first kappa shape index (κ1) is 16.2. The SMILES string of the molecule is CN(Cc1ccccc1)c1cnnc(N2CCC3(CC2)OCCO3)n1. The second-order valence-electron chi connectivity index (χ2n) is 6.55. The minimum absolute atomic E-state index is 0.383. The Kier molecular flexibility index (Phi) is 4.50. The van der Waals surface area contributed by atoms with Crippen molar-refractivity contribution in [3.05, 3.63) is 42.1 Å². The van der Waals surface area contributed by atoms with Gasteiger partial charge in [0.05, 0.1) is 19.4 Å². The lowest BCUT2D eigenvalue weighted by molar-refractivity contribution is -0.169. The highest BCUT2D eigenvalue weighted by molar-refractivity contribution is 5.42. The Balaban J connectivity index is 1.43. The summed E-state index contributed by atoms with van der Waals surface area (Å²) in [4.78, 5) is 8.95. The monoisotopic (exact) mass is 341 g/mol. The molecule has 0 saturated carbocycles. The fraction of sp³-hybridized carbons (Fsp3) is 0.500. The fourth-order valence-electron chi connectivity index (χ4n) is 3.38. The molecule has 2 aliphatic heterocycles. The van der Waals surface area contributed by atoms with E-state index in [1.807, 2.05) is 25.2 Å². The van der Waals surface area contributed by atoms with Crippen molar-refractivity contribution in [2.45, 2.75) is 25.2 Å². The van der Waals surface area contributed by atoms with Crippen LogP contribution in [-0.2, 0) is 16.0 Å². The Bertz CT molecular complexity index is 696. The van der Waals surface area contributed by atoms with Crippen molar-refractivity contribution in [1.82, 2.24) is 15.2 Å². The van der Waals surface area contributed by atoms with Gasteiger partial charge < -0.3 is 19.3 Å². The number of rotatable bonds is 4. The van der Waals surface area contributed by atoms with Gasteiger partial charge in [0.2, 0.25) is 5.95 Å². The van der Waals surface area contributed by atoms with Crippen molar-refractivity contribution in [1.29, 1.82) is 0 Å². The maximum Gasteiger partial charge on any atom is 0.247 e. The fourth-order valence-corrected chi connectivity index (χ4v) is 3.38. The maximum atomic E-state index is 5.78. The predicted octanol–water partition coefficient (Wildman–Crippen LogP) is 1.85. The Hall–Kier alpha value is -2.25. The second kappa shape index (κ2) is 6.93. The van der Waals surface area contributed by atoms with Crippen molar-refractivity contribution in [2.75, 3.05) is 43.2 Å². The van der Waals surface area contributed by atoms with Gasteiger partial charge in [-0.3, -0.25) is 0 Å². The van der Waals surface area contributed by atoms with Gasteiger partial charge in [0.1, 0.15) is 0 Å². The van der Waals surface area contributed by atoms with Crippen LogP contribution in [0, 0.1) is 0 Å². The van der Waals surface area contributed by atoms with Crippen molar-refractivity contribution < 1.29 is 9.47 Å². The molecule has 0 atom stereocenters. The lowest BCUT2D eigenvalue weighted by Crippen LogP contribution is -2.45. The van der Waals surface area contributed by atoms with Crippen molar-refractivity contribution in [3.8, 4) is 0 Å². The van der Waals surface area contributed by atoms with Crippen LogP contribution in [-0.4, -0.2) is 54.3 Å². The minimum Gasteiger partial charge on any atom is -0.354 e. The number of hydrogen-bond acceptors (Lipinski definition) is 7. The van der Waals surface area contributed by atoms with Gasteiger partial charge in [0.15, 0.2) is 11.6 Å². The molecular weight excluding hydrogens is 318 g/mol. The Morgan fingerprint density at radius 1 is 1.12 bits per heavy atom. The van der Waals surface area contributed by atoms with Gasteiger partial charge in [-0.05, 0) is 5.56 Å². The standard InChI is InChI=1S/C18H23N5O2/c1-22(14-15-5-3-2-4-6-15)16-13-19-21-17(20-16)23-9-7-18(8-10-23)24-11-12-25-18/h2-6,13H,7-12,14H2,1H3. The number of benzene rings is 1. The van der Waals surface area contributed by atoms with E-state index in [1.54, 1.807) is 6.20 Å². The zero-order valence-electron chi connectivity index (χ0n) is 14.5. The first-order valence-electron chi connectivity index (χ1n) is 8.72. The number of piperidine rings is 1. The van der Waals surface area contributed by atoms with Crippen LogP contribution in [0.5, 0.6) is 0 Å². The summed E-state index contributed by atoms with van der Waals surface area (Å²) in [5, 5.41) is 8.38. The number of hydrogen-bond donors (Lipinski definition) is 0. The third-order valence-electron chi connectivity index (χ3n) is 4.81. The van der Waals surface area contributed by atoms with Gasteiger partial charge in [-0.25, -0.2) is 0 Å². The molecule has 2 aliphatic rings. The molecule has 0 bridgehead atoms. The van der Waals surface area contributed by atoms with Crippen molar-refractivity contribution >= 4 is 11.8 Å². The number of aromatic nitrogens is 3. The molecule has 7 nitrogen and oxygen atoms in total. The van der Waals surface area contributed by atoms with Crippen LogP contribution in [0.15, 0.2) is 36.5 Å². The lowest BCUT2D eigenvalue weighted by Gasteiger charge is -2.37. The van der Waals surface area contributed by atoms with E-state index in [9.17, 15) is 0 Å². The zero-order valence-corrected chi connectivity index (χ0v) is 14.5. The van der Waals surface area contributed by atoms with Crippen LogP contribution in [0.1, 0.15) is 18.4 Å². The molecule has 0 aliphatic carbocycles. The summed E-state index contributed by atoms with van der Waals surface area (Å²) in [6.45, 7) is 3.79. The van der Waals surface area contributed by atoms with Crippen LogP contribution in [0.25, 0.3) is 0 Å². The quantitative estimate of drug-likeness (QED) is 0.841. The molecule has 0 radical (unpaired) electrons. The third-order valence-corrected chi connectivity index (χ3v) is 4.81. The molecule has 2 aromatic rings. The molecule has 4 rings (SSSR count). The molecule has 7 heteroatoms. The number of ether oxygens (including phenoxy) is 2. The molecule has 1 spiro atoms. The van der Waals surface area contributed by atoms with E-state index in [1.165, 1.54) is 5.56 Å². The van der Waals surface area contributed by atoms with Crippen molar-refractivity contribution in [3.63, 3.8) is 0 Å². The topological polar surface area (TPSA) is 63.6 Å². The molecule has 2 saturated heterocycles. The molecule has 25 heavy (non-hydrogen) atoms. The Labute approximate surface area is 147 Å². The van der Waals surface area contributed by atoms with Crippen LogP contribution in [0.3, 0.4) is 0 Å². The van der Waals surface area contributed by atoms with Gasteiger partial charge in [-0.2, -0.15) is 10.1 Å². The molecule has 1 aromatic heterocycles. The van der Waals surface area contributed by atoms with Gasteiger partial charge in [-0.15, -0.1) is 5.10 Å². The van der Waals surface area contributed by atoms with E-state index in [2.05, 4.69) is 32.1 Å². The summed E-state index contributed by atoms with van der Waals surface area (Å²) < 4.78 is 11.6. The highest BCUT2D eigenvalue weighted by Crippen LogP contribution is 2.32. The molecule has 0 amide bonds.